The lowest BCUT2D eigenvalue weighted by molar-refractivity contribution is 0.414. The molecule has 18 heavy (non-hydrogen) atoms. The van der Waals surface area contributed by atoms with E-state index in [1.807, 2.05) is 0 Å². The second-order valence-corrected chi connectivity index (χ2v) is 4.56. The maximum absolute atomic E-state index is 13.6. The smallest absolute Gasteiger partial charge is 0.166 e. The second-order valence-electron chi connectivity index (χ2n) is 3.65. The third-order valence-electron chi connectivity index (χ3n) is 2.35. The Morgan fingerprint density at radius 1 is 1.00 bits per heavy atom. The summed E-state index contributed by atoms with van der Waals surface area (Å²) in [6.07, 6.45) is 0. The fourth-order valence-electron chi connectivity index (χ4n) is 1.43. The van der Waals surface area contributed by atoms with Gasteiger partial charge in [0, 0.05) is 11.0 Å². The molecule has 0 aliphatic heterocycles. The van der Waals surface area contributed by atoms with Gasteiger partial charge in [0.2, 0.25) is 0 Å². The van der Waals surface area contributed by atoms with E-state index in [1.54, 1.807) is 6.07 Å². The highest BCUT2D eigenvalue weighted by atomic mass is 79.9. The van der Waals surface area contributed by atoms with Crippen molar-refractivity contribution in [1.82, 2.24) is 0 Å². The van der Waals surface area contributed by atoms with Gasteiger partial charge >= 0.3 is 0 Å². The zero-order chi connectivity index (χ0) is 13.1. The maximum Gasteiger partial charge on any atom is 0.166 e. The largest absolute Gasteiger partial charge is 0.451 e. The van der Waals surface area contributed by atoms with Crippen LogP contribution in [-0.2, 0) is 6.54 Å². The molecule has 5 heteroatoms. The van der Waals surface area contributed by atoms with E-state index < -0.39 is 11.6 Å². The third-order valence-corrected chi connectivity index (χ3v) is 2.84. The standard InChI is InChI=1S/C13H10BrF2NO/c14-9-2-3-10(15)13(6-9)18-12-4-1-8(7-17)5-11(12)16/h1-6H,7,17H2. The molecule has 0 saturated heterocycles. The average Bonchev–Trinajstić information content (AvgIpc) is 2.36. The Morgan fingerprint density at radius 3 is 2.44 bits per heavy atom. The molecule has 2 nitrogen and oxygen atoms in total. The molecule has 0 saturated carbocycles. The van der Waals surface area contributed by atoms with Crippen LogP contribution in [0, 0.1) is 11.6 Å². The van der Waals surface area contributed by atoms with Crippen LogP contribution in [-0.4, -0.2) is 0 Å². The highest BCUT2D eigenvalue weighted by molar-refractivity contribution is 9.10. The van der Waals surface area contributed by atoms with Gasteiger partial charge in [-0.3, -0.25) is 0 Å². The summed E-state index contributed by atoms with van der Waals surface area (Å²) in [5, 5.41) is 0. The average molecular weight is 314 g/mol. The van der Waals surface area contributed by atoms with E-state index in [4.69, 9.17) is 10.5 Å². The van der Waals surface area contributed by atoms with Crippen molar-refractivity contribution in [3.05, 3.63) is 58.1 Å². The quantitative estimate of drug-likeness (QED) is 0.930. The number of nitrogens with two attached hydrogens (primary N) is 1. The predicted molar refractivity (Wildman–Crippen MR) is 68.5 cm³/mol. The molecule has 0 fully saturated rings. The van der Waals surface area contributed by atoms with E-state index in [0.717, 1.165) is 0 Å². The van der Waals surface area contributed by atoms with E-state index >= 15 is 0 Å². The molecule has 0 spiro atoms. The first-order valence-corrected chi connectivity index (χ1v) is 6.01. The fourth-order valence-corrected chi connectivity index (χ4v) is 1.77. The lowest BCUT2D eigenvalue weighted by Crippen LogP contribution is -1.98. The van der Waals surface area contributed by atoms with Crippen LogP contribution in [0.2, 0.25) is 0 Å². The van der Waals surface area contributed by atoms with Gasteiger partial charge < -0.3 is 10.5 Å². The van der Waals surface area contributed by atoms with Crippen molar-refractivity contribution in [2.24, 2.45) is 5.73 Å². The van der Waals surface area contributed by atoms with Crippen LogP contribution in [0.4, 0.5) is 8.78 Å². The molecule has 0 atom stereocenters. The Balaban J connectivity index is 2.31. The molecule has 2 aromatic carbocycles. The van der Waals surface area contributed by atoms with E-state index in [9.17, 15) is 8.78 Å². The van der Waals surface area contributed by atoms with Gasteiger partial charge in [-0.15, -0.1) is 0 Å². The molecule has 2 aromatic rings. The molecule has 94 valence electrons. The van der Waals surface area contributed by atoms with Crippen molar-refractivity contribution < 1.29 is 13.5 Å². The Morgan fingerprint density at radius 2 is 1.78 bits per heavy atom. The SMILES string of the molecule is NCc1ccc(Oc2cc(Br)ccc2F)c(F)c1. The number of hydrogen-bond acceptors (Lipinski definition) is 2. The Kier molecular flexibility index (Phi) is 3.93. The fraction of sp³-hybridized carbons (Fsp3) is 0.0769. The molecule has 0 amide bonds. The van der Waals surface area contributed by atoms with Gasteiger partial charge in [0.15, 0.2) is 23.1 Å². The number of hydrogen-bond donors (Lipinski definition) is 1. The molecule has 0 unspecified atom stereocenters. The van der Waals surface area contributed by atoms with Crippen molar-refractivity contribution >= 4 is 15.9 Å². The Bertz CT molecular complexity index is 575. The van der Waals surface area contributed by atoms with Crippen molar-refractivity contribution in [3.8, 4) is 11.5 Å². The van der Waals surface area contributed by atoms with Crippen LogP contribution in [0.5, 0.6) is 11.5 Å². The minimum absolute atomic E-state index is 0.0378. The molecule has 0 bridgehead atoms. The van der Waals surface area contributed by atoms with Crippen molar-refractivity contribution in [3.63, 3.8) is 0 Å². The van der Waals surface area contributed by atoms with Gasteiger partial charge in [0.25, 0.3) is 0 Å². The summed E-state index contributed by atoms with van der Waals surface area (Å²) in [6.45, 7) is 0.239. The summed E-state index contributed by atoms with van der Waals surface area (Å²) >= 11 is 3.19. The highest BCUT2D eigenvalue weighted by Crippen LogP contribution is 2.29. The summed E-state index contributed by atoms with van der Waals surface area (Å²) in [4.78, 5) is 0. The zero-order valence-corrected chi connectivity index (χ0v) is 10.9. The molecule has 0 aliphatic carbocycles. The normalized spacial score (nSPS) is 10.4. The van der Waals surface area contributed by atoms with Gasteiger partial charge in [-0.25, -0.2) is 8.78 Å². The topological polar surface area (TPSA) is 35.2 Å². The Labute approximate surface area is 112 Å². The first-order valence-electron chi connectivity index (χ1n) is 5.21. The molecule has 2 rings (SSSR count). The zero-order valence-electron chi connectivity index (χ0n) is 9.29. The van der Waals surface area contributed by atoms with Crippen molar-refractivity contribution in [2.75, 3.05) is 0 Å². The molecule has 0 radical (unpaired) electrons. The minimum Gasteiger partial charge on any atom is -0.451 e. The number of ether oxygens (including phenoxy) is 1. The minimum atomic E-state index is -0.572. The predicted octanol–water partition coefficient (Wildman–Crippen LogP) is 3.98. The van der Waals surface area contributed by atoms with Crippen molar-refractivity contribution in [1.29, 1.82) is 0 Å². The molecular formula is C13H10BrF2NO. The summed E-state index contributed by atoms with van der Waals surface area (Å²) in [5.41, 5.74) is 6.04. The van der Waals surface area contributed by atoms with Crippen LogP contribution < -0.4 is 10.5 Å². The summed E-state index contributed by atoms with van der Waals surface area (Å²) in [6, 6.07) is 8.55. The van der Waals surface area contributed by atoms with Crippen LogP contribution in [0.1, 0.15) is 5.56 Å². The first-order chi connectivity index (χ1) is 8.60. The summed E-state index contributed by atoms with van der Waals surface area (Å²) in [5.74, 6) is -1.20. The first kappa shape index (κ1) is 13.0. The third kappa shape index (κ3) is 2.86. The summed E-state index contributed by atoms with van der Waals surface area (Å²) < 4.78 is 32.9. The van der Waals surface area contributed by atoms with Gasteiger partial charge in [-0.1, -0.05) is 22.0 Å². The van der Waals surface area contributed by atoms with Gasteiger partial charge in [-0.05, 0) is 35.9 Å². The van der Waals surface area contributed by atoms with Crippen LogP contribution in [0.25, 0.3) is 0 Å². The molecule has 0 heterocycles. The lowest BCUT2D eigenvalue weighted by atomic mass is 10.2. The number of rotatable bonds is 3. The number of benzene rings is 2. The lowest BCUT2D eigenvalue weighted by Gasteiger charge is -2.09. The van der Waals surface area contributed by atoms with Crippen LogP contribution >= 0.6 is 15.9 Å². The maximum atomic E-state index is 13.6. The van der Waals surface area contributed by atoms with Gasteiger partial charge in [0.05, 0.1) is 0 Å². The second kappa shape index (κ2) is 5.46. The molecule has 2 N–H and O–H groups in total. The van der Waals surface area contributed by atoms with Crippen molar-refractivity contribution in [2.45, 2.75) is 6.54 Å². The Hall–Kier alpha value is -1.46. The summed E-state index contributed by atoms with van der Waals surface area (Å²) in [7, 11) is 0. The molecule has 0 aliphatic rings. The van der Waals surface area contributed by atoms with E-state index in [2.05, 4.69) is 15.9 Å². The van der Waals surface area contributed by atoms with E-state index in [1.165, 1.54) is 30.3 Å². The van der Waals surface area contributed by atoms with Gasteiger partial charge in [0.1, 0.15) is 0 Å². The van der Waals surface area contributed by atoms with Gasteiger partial charge in [-0.2, -0.15) is 0 Å². The van der Waals surface area contributed by atoms with E-state index in [0.29, 0.717) is 10.0 Å². The highest BCUT2D eigenvalue weighted by Gasteiger charge is 2.09. The number of halogens is 3. The van der Waals surface area contributed by atoms with E-state index in [-0.39, 0.29) is 18.0 Å². The van der Waals surface area contributed by atoms with Crippen LogP contribution in [0.3, 0.4) is 0 Å². The molecular weight excluding hydrogens is 304 g/mol. The molecule has 0 aromatic heterocycles. The monoisotopic (exact) mass is 313 g/mol. The van der Waals surface area contributed by atoms with Crippen LogP contribution in [0.15, 0.2) is 40.9 Å².